The predicted molar refractivity (Wildman–Crippen MR) is 100.0 cm³/mol. The molecule has 3 rings (SSSR count). The molecule has 26 heavy (non-hydrogen) atoms. The Kier molecular flexibility index (Phi) is 5.83. The van der Waals surface area contributed by atoms with Crippen LogP contribution in [0.3, 0.4) is 0 Å². The summed E-state index contributed by atoms with van der Waals surface area (Å²) in [6, 6.07) is 1.87. The van der Waals surface area contributed by atoms with Crippen LogP contribution in [0.2, 0.25) is 0 Å². The van der Waals surface area contributed by atoms with Crippen LogP contribution in [-0.2, 0) is 16.1 Å². The molecule has 0 radical (unpaired) electrons. The SMILES string of the molecule is C=CCn1c(SCC(=O)N2CC(C)OC(C)C2)nnc1-c1ccoc1C. The van der Waals surface area contributed by atoms with Gasteiger partial charge in [0.1, 0.15) is 5.76 Å². The van der Waals surface area contributed by atoms with Crippen molar-refractivity contribution in [3.63, 3.8) is 0 Å². The van der Waals surface area contributed by atoms with E-state index in [0.717, 1.165) is 17.1 Å². The van der Waals surface area contributed by atoms with E-state index in [9.17, 15) is 4.79 Å². The molecule has 7 nitrogen and oxygen atoms in total. The zero-order valence-electron chi connectivity index (χ0n) is 15.3. The van der Waals surface area contributed by atoms with Crippen LogP contribution in [0.5, 0.6) is 0 Å². The quantitative estimate of drug-likeness (QED) is 0.570. The molecule has 0 aromatic carbocycles. The van der Waals surface area contributed by atoms with E-state index < -0.39 is 0 Å². The second-order valence-electron chi connectivity index (χ2n) is 6.44. The van der Waals surface area contributed by atoms with Gasteiger partial charge in [0.25, 0.3) is 0 Å². The van der Waals surface area contributed by atoms with Crippen LogP contribution >= 0.6 is 11.8 Å². The van der Waals surface area contributed by atoms with E-state index in [4.69, 9.17) is 9.15 Å². The van der Waals surface area contributed by atoms with Gasteiger partial charge in [-0.1, -0.05) is 17.8 Å². The maximum Gasteiger partial charge on any atom is 0.233 e. The second-order valence-corrected chi connectivity index (χ2v) is 7.38. The maximum absolute atomic E-state index is 12.6. The summed E-state index contributed by atoms with van der Waals surface area (Å²) in [4.78, 5) is 14.4. The molecule has 8 heteroatoms. The Morgan fingerprint density at radius 2 is 2.12 bits per heavy atom. The summed E-state index contributed by atoms with van der Waals surface area (Å²) in [5.41, 5.74) is 0.897. The zero-order valence-corrected chi connectivity index (χ0v) is 16.2. The van der Waals surface area contributed by atoms with Gasteiger partial charge in [-0.15, -0.1) is 16.8 Å². The average molecular weight is 376 g/mol. The van der Waals surface area contributed by atoms with E-state index in [1.165, 1.54) is 11.8 Å². The van der Waals surface area contributed by atoms with Crippen LogP contribution in [0.1, 0.15) is 19.6 Å². The summed E-state index contributed by atoms with van der Waals surface area (Å²) in [7, 11) is 0. The molecule has 2 atom stereocenters. The molecule has 1 aliphatic heterocycles. The lowest BCUT2D eigenvalue weighted by molar-refractivity contribution is -0.140. The molecule has 1 aliphatic rings. The van der Waals surface area contributed by atoms with E-state index in [-0.39, 0.29) is 18.1 Å². The molecule has 0 N–H and O–H groups in total. The molecule has 1 fully saturated rings. The van der Waals surface area contributed by atoms with Gasteiger partial charge < -0.3 is 14.1 Å². The van der Waals surface area contributed by atoms with Gasteiger partial charge in [-0.05, 0) is 26.8 Å². The number of nitrogens with zero attached hydrogens (tertiary/aromatic N) is 4. The van der Waals surface area contributed by atoms with Crippen LogP contribution in [0.25, 0.3) is 11.4 Å². The first-order valence-electron chi connectivity index (χ1n) is 8.64. The molecular weight excluding hydrogens is 352 g/mol. The van der Waals surface area contributed by atoms with Crippen molar-refractivity contribution in [2.75, 3.05) is 18.8 Å². The zero-order chi connectivity index (χ0) is 18.7. The summed E-state index contributed by atoms with van der Waals surface area (Å²) in [6.45, 7) is 11.5. The predicted octanol–water partition coefficient (Wildman–Crippen LogP) is 2.76. The number of carbonyl (C=O) groups excluding carboxylic acids is 1. The number of rotatable bonds is 6. The van der Waals surface area contributed by atoms with Crippen molar-refractivity contribution >= 4 is 17.7 Å². The number of amides is 1. The molecule has 0 aliphatic carbocycles. The Morgan fingerprint density at radius 3 is 2.73 bits per heavy atom. The molecule has 2 aromatic rings. The van der Waals surface area contributed by atoms with Gasteiger partial charge in [-0.25, -0.2) is 0 Å². The first kappa shape index (κ1) is 18.7. The topological polar surface area (TPSA) is 73.4 Å². The highest BCUT2D eigenvalue weighted by Crippen LogP contribution is 2.27. The van der Waals surface area contributed by atoms with Gasteiger partial charge in [0, 0.05) is 19.6 Å². The number of hydrogen-bond acceptors (Lipinski definition) is 6. The Hall–Kier alpha value is -2.06. The third-order valence-corrected chi connectivity index (χ3v) is 5.18. The van der Waals surface area contributed by atoms with E-state index >= 15 is 0 Å². The Morgan fingerprint density at radius 1 is 1.38 bits per heavy atom. The fourth-order valence-corrected chi connectivity index (χ4v) is 3.96. The molecule has 1 saturated heterocycles. The summed E-state index contributed by atoms with van der Waals surface area (Å²) in [5.74, 6) is 1.91. The lowest BCUT2D eigenvalue weighted by atomic mass is 10.2. The van der Waals surface area contributed by atoms with Crippen molar-refractivity contribution in [2.45, 2.75) is 44.7 Å². The lowest BCUT2D eigenvalue weighted by Gasteiger charge is -2.35. The first-order chi connectivity index (χ1) is 12.5. The molecule has 3 heterocycles. The highest BCUT2D eigenvalue weighted by atomic mass is 32.2. The van der Waals surface area contributed by atoms with Crippen LogP contribution < -0.4 is 0 Å². The van der Waals surface area contributed by atoms with Crippen LogP contribution in [-0.4, -0.2) is 56.6 Å². The average Bonchev–Trinajstić information content (AvgIpc) is 3.18. The van der Waals surface area contributed by atoms with Crippen molar-refractivity contribution in [1.29, 1.82) is 0 Å². The van der Waals surface area contributed by atoms with E-state index in [2.05, 4.69) is 16.8 Å². The second kappa shape index (κ2) is 8.09. The first-order valence-corrected chi connectivity index (χ1v) is 9.62. The van der Waals surface area contributed by atoms with Crippen molar-refractivity contribution < 1.29 is 13.9 Å². The number of allylic oxidation sites excluding steroid dienone is 1. The lowest BCUT2D eigenvalue weighted by Crippen LogP contribution is -2.48. The van der Waals surface area contributed by atoms with Crippen LogP contribution in [0.4, 0.5) is 0 Å². The fourth-order valence-electron chi connectivity index (χ4n) is 3.10. The molecule has 0 saturated carbocycles. The number of morpholine rings is 1. The number of furan rings is 1. The van der Waals surface area contributed by atoms with Gasteiger partial charge in [-0.2, -0.15) is 0 Å². The molecule has 2 aromatic heterocycles. The molecule has 0 spiro atoms. The van der Waals surface area contributed by atoms with E-state index in [1.54, 1.807) is 12.3 Å². The highest BCUT2D eigenvalue weighted by Gasteiger charge is 2.26. The third-order valence-electron chi connectivity index (χ3n) is 4.23. The van der Waals surface area contributed by atoms with Crippen molar-refractivity contribution in [3.8, 4) is 11.4 Å². The van der Waals surface area contributed by atoms with Gasteiger partial charge in [0.15, 0.2) is 11.0 Å². The van der Waals surface area contributed by atoms with E-state index in [0.29, 0.717) is 30.5 Å². The highest BCUT2D eigenvalue weighted by molar-refractivity contribution is 7.99. The standard InChI is InChI=1S/C18H24N4O3S/c1-5-7-22-17(15-6-8-24-14(15)4)19-20-18(22)26-11-16(23)21-9-12(2)25-13(3)10-21/h5-6,8,12-13H,1,7,9-11H2,2-4H3. The largest absolute Gasteiger partial charge is 0.469 e. The number of aromatic nitrogens is 3. The smallest absolute Gasteiger partial charge is 0.233 e. The van der Waals surface area contributed by atoms with Gasteiger partial charge in [0.05, 0.1) is 29.8 Å². The minimum atomic E-state index is 0.0628. The Balaban J connectivity index is 1.72. The number of carbonyl (C=O) groups is 1. The Labute approximate surface area is 157 Å². The summed E-state index contributed by atoms with van der Waals surface area (Å²) in [6.07, 6.45) is 3.55. The third kappa shape index (κ3) is 4.02. The van der Waals surface area contributed by atoms with Gasteiger partial charge in [-0.3, -0.25) is 9.36 Å². The van der Waals surface area contributed by atoms with E-state index in [1.807, 2.05) is 36.3 Å². The maximum atomic E-state index is 12.6. The summed E-state index contributed by atoms with van der Waals surface area (Å²) >= 11 is 1.39. The minimum Gasteiger partial charge on any atom is -0.469 e. The number of thioether (sulfide) groups is 1. The number of aryl methyl sites for hydroxylation is 1. The van der Waals surface area contributed by atoms with Crippen molar-refractivity contribution in [2.24, 2.45) is 0 Å². The summed E-state index contributed by atoms with van der Waals surface area (Å²) < 4.78 is 13.0. The van der Waals surface area contributed by atoms with Gasteiger partial charge >= 0.3 is 0 Å². The van der Waals surface area contributed by atoms with Crippen LogP contribution in [0, 0.1) is 6.92 Å². The van der Waals surface area contributed by atoms with Crippen LogP contribution in [0.15, 0.2) is 34.6 Å². The molecule has 2 unspecified atom stereocenters. The Bertz CT molecular complexity index is 775. The van der Waals surface area contributed by atoms with Crippen molar-refractivity contribution in [1.82, 2.24) is 19.7 Å². The summed E-state index contributed by atoms with van der Waals surface area (Å²) in [5, 5.41) is 9.26. The fraction of sp³-hybridized carbons (Fsp3) is 0.500. The minimum absolute atomic E-state index is 0.0628. The molecule has 1 amide bonds. The number of ether oxygens (including phenoxy) is 1. The van der Waals surface area contributed by atoms with Crippen molar-refractivity contribution in [3.05, 3.63) is 30.7 Å². The number of hydrogen-bond donors (Lipinski definition) is 0. The molecule has 0 bridgehead atoms. The van der Waals surface area contributed by atoms with Gasteiger partial charge in [0.2, 0.25) is 5.91 Å². The monoisotopic (exact) mass is 376 g/mol. The normalized spacial score (nSPS) is 20.3. The molecule has 140 valence electrons. The molecular formula is C18H24N4O3S.